The first-order valence-electron chi connectivity index (χ1n) is 5.64. The van der Waals surface area contributed by atoms with Gasteiger partial charge in [0.2, 0.25) is 0 Å². The van der Waals surface area contributed by atoms with Gasteiger partial charge in [-0.05, 0) is 22.0 Å². The lowest BCUT2D eigenvalue weighted by Crippen LogP contribution is -2.18. The van der Waals surface area contributed by atoms with Crippen LogP contribution in [0.25, 0.3) is 0 Å². The minimum Gasteiger partial charge on any atom is -0.205 e. The van der Waals surface area contributed by atoms with Crippen molar-refractivity contribution in [1.29, 1.82) is 0 Å². The summed E-state index contributed by atoms with van der Waals surface area (Å²) < 4.78 is 53.3. The summed E-state index contributed by atoms with van der Waals surface area (Å²) in [6.07, 6.45) is 3.42. The Morgan fingerprint density at radius 2 is 1.43 bits per heavy atom. The van der Waals surface area contributed by atoms with Gasteiger partial charge in [-0.15, -0.1) is 0 Å². The lowest BCUT2D eigenvalue weighted by atomic mass is 9.94. The molecule has 0 aromatic heterocycles. The summed E-state index contributed by atoms with van der Waals surface area (Å²) in [5.74, 6) is 0. The molecule has 0 fully saturated rings. The molecule has 0 saturated carbocycles. The van der Waals surface area contributed by atoms with E-state index < -0.39 is 20.0 Å². The monoisotopic (exact) mass is 390 g/mol. The van der Waals surface area contributed by atoms with Crippen molar-refractivity contribution in [3.05, 3.63) is 46.0 Å². The molecule has 1 aromatic carbocycles. The van der Waals surface area contributed by atoms with Crippen molar-refractivity contribution in [2.75, 3.05) is 12.5 Å². The minimum atomic E-state index is -3.59. The predicted molar refractivity (Wildman–Crippen MR) is 86.2 cm³/mol. The Balaban J connectivity index is 2.79. The lowest BCUT2D eigenvalue weighted by molar-refractivity contribution is 0.602. The van der Waals surface area contributed by atoms with Crippen LogP contribution in [0.1, 0.15) is 11.1 Å². The third-order valence-electron chi connectivity index (χ3n) is 2.47. The molecule has 9 heteroatoms. The van der Waals surface area contributed by atoms with Crippen molar-refractivity contribution in [2.45, 2.75) is 0 Å². The molecule has 0 amide bonds. The van der Waals surface area contributed by atoms with E-state index in [9.17, 15) is 16.8 Å². The highest BCUT2D eigenvalue weighted by Gasteiger charge is 2.23. The molecule has 0 unspecified atom stereocenters. The van der Waals surface area contributed by atoms with E-state index in [0.29, 0.717) is 15.6 Å². The highest BCUT2D eigenvalue weighted by Crippen LogP contribution is 2.26. The molecule has 0 saturated heterocycles. The van der Waals surface area contributed by atoms with Crippen LogP contribution in [0.2, 0.25) is 0 Å². The molecule has 0 spiro atoms. The lowest BCUT2D eigenvalue weighted by Gasteiger charge is -2.17. The summed E-state index contributed by atoms with van der Waals surface area (Å²) in [6.45, 7) is 0. The van der Waals surface area contributed by atoms with Crippen LogP contribution in [-0.4, -0.2) is 40.8 Å². The van der Waals surface area contributed by atoms with Crippen molar-refractivity contribution >= 4 is 47.4 Å². The van der Waals surface area contributed by atoms with Gasteiger partial charge in [0.05, 0.1) is 23.9 Å². The zero-order valence-corrected chi connectivity index (χ0v) is 14.3. The first-order valence-corrected chi connectivity index (χ1v) is 10.1. The van der Waals surface area contributed by atoms with Crippen molar-refractivity contribution in [3.63, 3.8) is 0 Å². The largest absolute Gasteiger partial charge is 0.250 e. The van der Waals surface area contributed by atoms with E-state index in [1.54, 1.807) is 24.3 Å². The second-order valence-electron chi connectivity index (χ2n) is 4.42. The first kappa shape index (κ1) is 16.1. The Hall–Kier alpha value is -1.32. The van der Waals surface area contributed by atoms with E-state index in [0.717, 1.165) is 12.5 Å². The normalized spacial score (nSPS) is 19.5. The van der Waals surface area contributed by atoms with Gasteiger partial charge in [-0.3, -0.25) is 0 Å². The van der Waals surface area contributed by atoms with Crippen molar-refractivity contribution in [1.82, 2.24) is 0 Å². The molecule has 21 heavy (non-hydrogen) atoms. The van der Waals surface area contributed by atoms with Crippen molar-refractivity contribution in [3.8, 4) is 0 Å². The maximum atomic E-state index is 11.4. The zero-order chi connectivity index (χ0) is 15.8. The van der Waals surface area contributed by atoms with Crippen LogP contribution in [0.15, 0.2) is 43.6 Å². The summed E-state index contributed by atoms with van der Waals surface area (Å²) in [5, 5.41) is 0. The number of halogens is 1. The summed E-state index contributed by atoms with van der Waals surface area (Å²) in [6, 6.07) is 6.74. The van der Waals surface area contributed by atoms with E-state index in [2.05, 4.69) is 24.7 Å². The minimum absolute atomic E-state index is 0.223. The van der Waals surface area contributed by atoms with Gasteiger partial charge in [-0.25, -0.2) is 16.8 Å². The second-order valence-corrected chi connectivity index (χ2v) is 8.57. The third-order valence-corrected chi connectivity index (χ3v) is 4.12. The maximum absolute atomic E-state index is 11.4. The molecule has 6 nitrogen and oxygen atoms in total. The molecule has 112 valence electrons. The molecule has 1 aliphatic rings. The average molecular weight is 391 g/mol. The van der Waals surface area contributed by atoms with E-state index >= 15 is 0 Å². The van der Waals surface area contributed by atoms with Gasteiger partial charge < -0.3 is 0 Å². The molecular formula is C12H11BrN2O4S2. The van der Waals surface area contributed by atoms with E-state index in [1.807, 2.05) is 0 Å². The maximum Gasteiger partial charge on any atom is 0.250 e. The Kier molecular flexibility index (Phi) is 4.18. The van der Waals surface area contributed by atoms with Gasteiger partial charge in [0.15, 0.2) is 0 Å². The van der Waals surface area contributed by atoms with Crippen LogP contribution in [0.4, 0.5) is 0 Å². The molecule has 0 N–H and O–H groups in total. The fraction of sp³-hybridized carbons (Fsp3) is 0.167. The Morgan fingerprint density at radius 1 is 0.905 bits per heavy atom. The van der Waals surface area contributed by atoms with E-state index in [4.69, 9.17) is 0 Å². The van der Waals surface area contributed by atoms with Gasteiger partial charge in [-0.2, -0.15) is 8.80 Å². The molecular weight excluding hydrogens is 380 g/mol. The molecule has 1 aromatic rings. The number of allylic oxidation sites excluding steroid dienone is 2. The SMILES string of the molecule is CS(=O)(=O)N=C1C=C(Br)C(=NS(C)(=O)=O)c2ccccc21. The quantitative estimate of drug-likeness (QED) is 0.763. The number of rotatable bonds is 2. The van der Waals surface area contributed by atoms with E-state index in [1.165, 1.54) is 6.08 Å². The van der Waals surface area contributed by atoms with Crippen LogP contribution in [0.5, 0.6) is 0 Å². The number of benzene rings is 1. The fourth-order valence-corrected chi connectivity index (χ4v) is 3.49. The molecule has 0 radical (unpaired) electrons. The van der Waals surface area contributed by atoms with Gasteiger partial charge in [-0.1, -0.05) is 24.3 Å². The number of hydrogen-bond donors (Lipinski definition) is 0. The topological polar surface area (TPSA) is 93.0 Å². The van der Waals surface area contributed by atoms with Crippen LogP contribution in [-0.2, 0) is 20.0 Å². The highest BCUT2D eigenvalue weighted by atomic mass is 79.9. The Bertz CT molecular complexity index is 897. The van der Waals surface area contributed by atoms with Crippen LogP contribution in [0.3, 0.4) is 0 Å². The van der Waals surface area contributed by atoms with E-state index in [-0.39, 0.29) is 11.4 Å². The zero-order valence-electron chi connectivity index (χ0n) is 11.1. The van der Waals surface area contributed by atoms with Crippen molar-refractivity contribution < 1.29 is 16.8 Å². The summed E-state index contributed by atoms with van der Waals surface area (Å²) in [4.78, 5) is 0. The molecule has 0 bridgehead atoms. The number of hydrogen-bond acceptors (Lipinski definition) is 4. The molecule has 0 heterocycles. The molecule has 0 aliphatic heterocycles. The summed E-state index contributed by atoms with van der Waals surface area (Å²) >= 11 is 3.22. The number of sulfonamides is 2. The second kappa shape index (κ2) is 5.47. The predicted octanol–water partition coefficient (Wildman–Crippen LogP) is 1.48. The van der Waals surface area contributed by atoms with Crippen molar-refractivity contribution in [2.24, 2.45) is 8.80 Å². The van der Waals surface area contributed by atoms with Crippen LogP contribution < -0.4 is 0 Å². The van der Waals surface area contributed by atoms with Crippen LogP contribution in [0, 0.1) is 0 Å². The molecule has 1 aliphatic carbocycles. The summed E-state index contributed by atoms with van der Waals surface area (Å²) in [7, 11) is -7.17. The molecule has 0 atom stereocenters. The third kappa shape index (κ3) is 4.08. The fourth-order valence-electron chi connectivity index (χ4n) is 1.82. The Morgan fingerprint density at radius 3 is 1.95 bits per heavy atom. The number of fused-ring (bicyclic) bond motifs is 1. The van der Waals surface area contributed by atoms with Crippen LogP contribution >= 0.6 is 15.9 Å². The average Bonchev–Trinajstić information content (AvgIpc) is 2.31. The van der Waals surface area contributed by atoms with Gasteiger partial charge >= 0.3 is 0 Å². The van der Waals surface area contributed by atoms with Gasteiger partial charge in [0.1, 0.15) is 0 Å². The highest BCUT2D eigenvalue weighted by molar-refractivity contribution is 9.12. The van der Waals surface area contributed by atoms with Gasteiger partial charge in [0.25, 0.3) is 20.0 Å². The Labute approximate surface area is 131 Å². The number of nitrogens with zero attached hydrogens (tertiary/aromatic N) is 2. The smallest absolute Gasteiger partial charge is 0.205 e. The standard InChI is InChI=1S/C12H11BrN2O4S2/c1-20(16,17)14-11-7-10(13)12(15-21(2,18)19)9-6-4-3-5-8(9)11/h3-7H,1-2H3. The van der Waals surface area contributed by atoms with Gasteiger partial charge in [0, 0.05) is 15.6 Å². The summed E-state index contributed by atoms with van der Waals surface area (Å²) in [5.41, 5.74) is 1.46. The molecule has 2 rings (SSSR count). The first-order chi connectivity index (χ1) is 9.57.